The second-order valence-electron chi connectivity index (χ2n) is 6.22. The van der Waals surface area contributed by atoms with Gasteiger partial charge in [-0.25, -0.2) is 9.37 Å². The molecule has 0 radical (unpaired) electrons. The van der Waals surface area contributed by atoms with Gasteiger partial charge in [-0.05, 0) is 37.5 Å². The lowest BCUT2D eigenvalue weighted by Gasteiger charge is -2.32. The molecule has 1 aliphatic carbocycles. The minimum atomic E-state index is -0.171. The summed E-state index contributed by atoms with van der Waals surface area (Å²) in [5.41, 5.74) is 3.82. The predicted octanol–water partition coefficient (Wildman–Crippen LogP) is 3.48. The van der Waals surface area contributed by atoms with Gasteiger partial charge in [-0.1, -0.05) is 12.1 Å². The third-order valence-electron chi connectivity index (χ3n) is 4.81. The van der Waals surface area contributed by atoms with Gasteiger partial charge in [-0.3, -0.25) is 4.90 Å². The summed E-state index contributed by atoms with van der Waals surface area (Å²) in [5.74, 6) is -0.171. The molecule has 0 amide bonds. The van der Waals surface area contributed by atoms with Crippen molar-refractivity contribution in [3.8, 4) is 0 Å². The van der Waals surface area contributed by atoms with E-state index in [0.717, 1.165) is 19.5 Å². The summed E-state index contributed by atoms with van der Waals surface area (Å²) in [7, 11) is 0. The Bertz CT molecular complexity index is 643. The van der Waals surface area contributed by atoms with Gasteiger partial charge in [0.2, 0.25) is 0 Å². The van der Waals surface area contributed by atoms with E-state index in [9.17, 15) is 4.39 Å². The van der Waals surface area contributed by atoms with E-state index in [1.807, 2.05) is 18.5 Å². The fourth-order valence-corrected chi connectivity index (χ4v) is 3.30. The number of hydrogen-bond acceptors (Lipinski definition) is 2. The zero-order valence-corrected chi connectivity index (χ0v) is 12.3. The highest BCUT2D eigenvalue weighted by molar-refractivity contribution is 5.23. The average Bonchev–Trinajstić information content (AvgIpc) is 3.26. The Morgan fingerprint density at radius 3 is 2.71 bits per heavy atom. The maximum Gasteiger partial charge on any atom is 0.123 e. The quantitative estimate of drug-likeness (QED) is 0.861. The molecule has 4 heteroatoms. The Labute approximate surface area is 124 Å². The first-order valence-corrected chi connectivity index (χ1v) is 7.76. The molecule has 0 bridgehead atoms. The second kappa shape index (κ2) is 4.95. The van der Waals surface area contributed by atoms with E-state index < -0.39 is 0 Å². The topological polar surface area (TPSA) is 21.1 Å². The van der Waals surface area contributed by atoms with Gasteiger partial charge in [-0.15, -0.1) is 0 Å². The number of nitrogens with zero attached hydrogens (tertiary/aromatic N) is 3. The number of hydrogen-bond donors (Lipinski definition) is 0. The van der Waals surface area contributed by atoms with Gasteiger partial charge in [-0.2, -0.15) is 0 Å². The zero-order chi connectivity index (χ0) is 14.4. The van der Waals surface area contributed by atoms with Crippen molar-refractivity contribution in [3.63, 3.8) is 0 Å². The van der Waals surface area contributed by atoms with Crippen molar-refractivity contribution in [3.05, 3.63) is 53.4 Å². The Balaban J connectivity index is 1.53. The van der Waals surface area contributed by atoms with Crippen molar-refractivity contribution < 1.29 is 4.39 Å². The van der Waals surface area contributed by atoms with E-state index in [0.29, 0.717) is 12.1 Å². The zero-order valence-electron chi connectivity index (χ0n) is 12.3. The number of aromatic nitrogens is 2. The molecule has 0 N–H and O–H groups in total. The van der Waals surface area contributed by atoms with Crippen LogP contribution in [0, 0.1) is 5.82 Å². The molecule has 21 heavy (non-hydrogen) atoms. The van der Waals surface area contributed by atoms with E-state index >= 15 is 0 Å². The van der Waals surface area contributed by atoms with Crippen molar-refractivity contribution in [2.24, 2.45) is 0 Å². The van der Waals surface area contributed by atoms with Crippen LogP contribution in [0.2, 0.25) is 0 Å². The summed E-state index contributed by atoms with van der Waals surface area (Å²) in [6, 6.07) is 7.87. The molecule has 4 rings (SSSR count). The third kappa shape index (κ3) is 2.38. The van der Waals surface area contributed by atoms with Gasteiger partial charge >= 0.3 is 0 Å². The first-order valence-electron chi connectivity index (χ1n) is 7.76. The van der Waals surface area contributed by atoms with Crippen LogP contribution >= 0.6 is 0 Å². The minimum Gasteiger partial charge on any atom is -0.331 e. The molecule has 110 valence electrons. The molecule has 1 atom stereocenters. The lowest BCUT2D eigenvalue weighted by atomic mass is 10.0. The van der Waals surface area contributed by atoms with Crippen LogP contribution in [-0.4, -0.2) is 21.0 Å². The van der Waals surface area contributed by atoms with Crippen molar-refractivity contribution in [2.75, 3.05) is 6.54 Å². The minimum absolute atomic E-state index is 0.171. The van der Waals surface area contributed by atoms with Crippen LogP contribution in [0.3, 0.4) is 0 Å². The maximum atomic E-state index is 13.0. The normalized spacial score (nSPS) is 20.3. The van der Waals surface area contributed by atoms with Crippen LogP contribution in [0.5, 0.6) is 0 Å². The molecule has 1 aromatic heterocycles. The summed E-state index contributed by atoms with van der Waals surface area (Å²) >= 11 is 0. The number of benzene rings is 1. The molecular weight excluding hydrogens is 265 g/mol. The molecule has 1 aliphatic heterocycles. The van der Waals surface area contributed by atoms with Gasteiger partial charge in [0.05, 0.1) is 12.0 Å². The number of halogens is 1. The van der Waals surface area contributed by atoms with Gasteiger partial charge in [0, 0.05) is 37.3 Å². The summed E-state index contributed by atoms with van der Waals surface area (Å²) in [6.45, 7) is 4.13. The molecule has 0 spiro atoms. The first kappa shape index (κ1) is 13.0. The molecule has 1 unspecified atom stereocenters. The monoisotopic (exact) mass is 285 g/mol. The smallest absolute Gasteiger partial charge is 0.123 e. The molecule has 0 saturated heterocycles. The molecular formula is C17H20FN3. The van der Waals surface area contributed by atoms with Crippen LogP contribution in [0.1, 0.15) is 48.8 Å². The predicted molar refractivity (Wildman–Crippen MR) is 79.4 cm³/mol. The Morgan fingerprint density at radius 1 is 1.24 bits per heavy atom. The highest BCUT2D eigenvalue weighted by atomic mass is 19.1. The van der Waals surface area contributed by atoms with Gasteiger partial charge in [0.15, 0.2) is 0 Å². The average molecular weight is 285 g/mol. The number of imidazole rings is 1. The van der Waals surface area contributed by atoms with Crippen molar-refractivity contribution in [2.45, 2.75) is 44.8 Å². The lowest BCUT2D eigenvalue weighted by Crippen LogP contribution is -2.33. The van der Waals surface area contributed by atoms with Crippen molar-refractivity contribution >= 4 is 0 Å². The summed E-state index contributed by atoms with van der Waals surface area (Å²) in [4.78, 5) is 7.05. The largest absolute Gasteiger partial charge is 0.331 e. The molecule has 3 nitrogen and oxygen atoms in total. The van der Waals surface area contributed by atoms with Crippen molar-refractivity contribution in [1.29, 1.82) is 0 Å². The van der Waals surface area contributed by atoms with Gasteiger partial charge < -0.3 is 4.57 Å². The van der Waals surface area contributed by atoms with E-state index in [1.54, 1.807) is 12.1 Å². The maximum absolute atomic E-state index is 13.0. The summed E-state index contributed by atoms with van der Waals surface area (Å²) in [5, 5.41) is 0. The second-order valence-corrected chi connectivity index (χ2v) is 6.22. The molecule has 2 aromatic rings. The summed E-state index contributed by atoms with van der Waals surface area (Å²) in [6.07, 6.45) is 5.70. The Kier molecular flexibility index (Phi) is 3.07. The fourth-order valence-electron chi connectivity index (χ4n) is 3.30. The molecule has 2 heterocycles. The van der Waals surface area contributed by atoms with Crippen LogP contribution < -0.4 is 0 Å². The lowest BCUT2D eigenvalue weighted by molar-refractivity contribution is 0.187. The van der Waals surface area contributed by atoms with E-state index in [1.165, 1.54) is 29.8 Å². The van der Waals surface area contributed by atoms with E-state index in [2.05, 4.69) is 21.4 Å². The number of fused-ring (bicyclic) bond motifs is 1. The molecule has 1 aromatic carbocycles. The van der Waals surface area contributed by atoms with Crippen LogP contribution in [-0.2, 0) is 13.0 Å². The van der Waals surface area contributed by atoms with Crippen molar-refractivity contribution in [1.82, 2.24) is 14.5 Å². The van der Waals surface area contributed by atoms with E-state index in [4.69, 9.17) is 0 Å². The molecule has 1 fully saturated rings. The Hall–Kier alpha value is -1.68. The molecule has 2 aliphatic rings. The van der Waals surface area contributed by atoms with Gasteiger partial charge in [0.1, 0.15) is 5.82 Å². The summed E-state index contributed by atoms with van der Waals surface area (Å²) < 4.78 is 15.4. The standard InChI is InChI=1S/C17H20FN3/c1-12(13-2-4-14(18)5-3-13)20-9-8-17-16(10-20)19-11-21(17)15-6-7-15/h2-5,11-12,15H,6-10H2,1H3. The first-order chi connectivity index (χ1) is 10.2. The highest BCUT2D eigenvalue weighted by Gasteiger charge is 2.30. The highest BCUT2D eigenvalue weighted by Crippen LogP contribution is 2.38. The number of rotatable bonds is 3. The van der Waals surface area contributed by atoms with E-state index in [-0.39, 0.29) is 5.82 Å². The Morgan fingerprint density at radius 2 is 2.00 bits per heavy atom. The van der Waals surface area contributed by atoms with Crippen LogP contribution in [0.15, 0.2) is 30.6 Å². The van der Waals surface area contributed by atoms with Gasteiger partial charge in [0.25, 0.3) is 0 Å². The third-order valence-corrected chi connectivity index (χ3v) is 4.81. The fraction of sp³-hybridized carbons (Fsp3) is 0.471. The SMILES string of the molecule is CC(c1ccc(F)cc1)N1CCc2c(ncn2C2CC2)C1. The molecule has 1 saturated carbocycles. The van der Waals surface area contributed by atoms with Crippen LogP contribution in [0.4, 0.5) is 4.39 Å². The van der Waals surface area contributed by atoms with Crippen LogP contribution in [0.25, 0.3) is 0 Å².